The van der Waals surface area contributed by atoms with Crippen LogP contribution >= 0.6 is 0 Å². The number of hydrogen-bond acceptors (Lipinski definition) is 2. The largest absolute Gasteiger partial charge is 0.416 e. The summed E-state index contributed by atoms with van der Waals surface area (Å²) in [6, 6.07) is 38.4. The molecule has 1 fully saturated rings. The van der Waals surface area contributed by atoms with Crippen molar-refractivity contribution >= 4 is 12.2 Å². The Bertz CT molecular complexity index is 1220. The monoisotopic (exact) mass is 417 g/mol. The first-order chi connectivity index (χ1) is 15.8. The number of ether oxygens (including phenoxy) is 1. The van der Waals surface area contributed by atoms with Crippen LogP contribution in [0.4, 0.5) is 4.79 Å². The minimum atomic E-state index is -0.324. The number of rotatable bonds is 5. The van der Waals surface area contributed by atoms with Crippen LogP contribution in [0, 0.1) is 0 Å². The maximum absolute atomic E-state index is 12.9. The van der Waals surface area contributed by atoms with Gasteiger partial charge in [0.05, 0.1) is 6.54 Å². The van der Waals surface area contributed by atoms with Gasteiger partial charge in [-0.15, -0.1) is 0 Å². The van der Waals surface area contributed by atoms with Crippen LogP contribution in [0.15, 0.2) is 121 Å². The van der Waals surface area contributed by atoms with Crippen LogP contribution in [0.3, 0.4) is 0 Å². The van der Waals surface area contributed by atoms with E-state index in [1.54, 1.807) is 4.90 Å². The van der Waals surface area contributed by atoms with Gasteiger partial charge in [-0.2, -0.15) is 0 Å². The summed E-state index contributed by atoms with van der Waals surface area (Å²) in [7, 11) is 0. The Balaban J connectivity index is 1.48. The molecule has 156 valence electrons. The van der Waals surface area contributed by atoms with Crippen molar-refractivity contribution in [1.29, 1.82) is 0 Å². The maximum Gasteiger partial charge on any atom is 0.416 e. The zero-order valence-corrected chi connectivity index (χ0v) is 17.6. The second-order valence-electron chi connectivity index (χ2n) is 7.83. The van der Waals surface area contributed by atoms with Crippen molar-refractivity contribution in [2.24, 2.45) is 0 Å². The molecule has 3 nitrogen and oxygen atoms in total. The van der Waals surface area contributed by atoms with Gasteiger partial charge in [-0.1, -0.05) is 115 Å². The fraction of sp³-hybridized carbons (Fsp3) is 0.0690. The number of nitrogens with zero attached hydrogens (tertiary/aromatic N) is 1. The Labute approximate surface area is 188 Å². The molecule has 0 aromatic heterocycles. The van der Waals surface area contributed by atoms with Gasteiger partial charge in [0.1, 0.15) is 11.8 Å². The molecule has 4 aromatic rings. The molecule has 1 saturated heterocycles. The molecule has 0 N–H and O–H groups in total. The van der Waals surface area contributed by atoms with E-state index in [1.807, 2.05) is 84.9 Å². The lowest BCUT2D eigenvalue weighted by atomic mass is 10.0. The Morgan fingerprint density at radius 3 is 1.91 bits per heavy atom. The molecule has 3 heteroatoms. The molecule has 32 heavy (non-hydrogen) atoms. The van der Waals surface area contributed by atoms with E-state index >= 15 is 0 Å². The molecule has 0 saturated carbocycles. The lowest BCUT2D eigenvalue weighted by Gasteiger charge is -2.22. The molecule has 1 atom stereocenters. The number of benzene rings is 4. The average Bonchev–Trinajstić information content (AvgIpc) is 3.15. The van der Waals surface area contributed by atoms with Gasteiger partial charge in [-0.3, -0.25) is 4.90 Å². The van der Waals surface area contributed by atoms with Crippen molar-refractivity contribution in [3.05, 3.63) is 138 Å². The molecule has 0 radical (unpaired) electrons. The molecule has 5 rings (SSSR count). The average molecular weight is 418 g/mol. The molecule has 0 unspecified atom stereocenters. The van der Waals surface area contributed by atoms with Crippen LogP contribution in [0.2, 0.25) is 0 Å². The minimum Gasteiger partial charge on any atom is -0.412 e. The number of carbonyl (C=O) groups excluding carboxylic acids is 1. The third kappa shape index (κ3) is 4.19. The molecular weight excluding hydrogens is 394 g/mol. The molecule has 1 amide bonds. The van der Waals surface area contributed by atoms with E-state index in [-0.39, 0.29) is 12.1 Å². The first-order valence-electron chi connectivity index (χ1n) is 10.7. The van der Waals surface area contributed by atoms with Gasteiger partial charge < -0.3 is 4.74 Å². The van der Waals surface area contributed by atoms with E-state index < -0.39 is 0 Å². The van der Waals surface area contributed by atoms with Crippen LogP contribution in [0.5, 0.6) is 0 Å². The quantitative estimate of drug-likeness (QED) is 0.347. The Morgan fingerprint density at radius 1 is 0.688 bits per heavy atom. The topological polar surface area (TPSA) is 29.5 Å². The first kappa shape index (κ1) is 19.8. The van der Waals surface area contributed by atoms with Crippen LogP contribution in [0.1, 0.15) is 22.7 Å². The van der Waals surface area contributed by atoms with Crippen LogP contribution in [-0.4, -0.2) is 11.0 Å². The standard InChI is InChI=1S/C29H23NO2/c31-29-30(21-23-10-4-1-5-11-23)28(26-14-8-3-9-15-26)27(32-29)20-22-16-18-25(19-17-22)24-12-6-2-7-13-24/h1-20,28H,21H2/b27-20-/t28-/m1/s1. The fourth-order valence-electron chi connectivity index (χ4n) is 4.06. The molecule has 1 heterocycles. The van der Waals surface area contributed by atoms with Gasteiger partial charge in [-0.25, -0.2) is 4.79 Å². The van der Waals surface area contributed by atoms with E-state index in [9.17, 15) is 4.79 Å². The van der Waals surface area contributed by atoms with Crippen molar-refractivity contribution in [2.45, 2.75) is 12.6 Å². The highest BCUT2D eigenvalue weighted by atomic mass is 16.6. The van der Waals surface area contributed by atoms with Crippen LogP contribution in [0.25, 0.3) is 17.2 Å². The zero-order chi connectivity index (χ0) is 21.8. The summed E-state index contributed by atoms with van der Waals surface area (Å²) >= 11 is 0. The lowest BCUT2D eigenvalue weighted by Crippen LogP contribution is -2.26. The second kappa shape index (κ2) is 8.94. The summed E-state index contributed by atoms with van der Waals surface area (Å²) in [5, 5.41) is 0. The van der Waals surface area contributed by atoms with E-state index in [0.717, 1.165) is 22.3 Å². The SMILES string of the molecule is O=C1O/C(=C\c2ccc(-c3ccccc3)cc2)[C@@H](c2ccccc2)N1Cc1ccccc1. The van der Waals surface area contributed by atoms with Crippen molar-refractivity contribution < 1.29 is 9.53 Å². The molecular formula is C29H23NO2. The van der Waals surface area contributed by atoms with Crippen molar-refractivity contribution in [3.63, 3.8) is 0 Å². The number of cyclic esters (lactones) is 1. The highest BCUT2D eigenvalue weighted by Crippen LogP contribution is 2.38. The second-order valence-corrected chi connectivity index (χ2v) is 7.83. The lowest BCUT2D eigenvalue weighted by molar-refractivity contribution is 0.163. The first-order valence-corrected chi connectivity index (χ1v) is 10.7. The minimum absolute atomic E-state index is 0.266. The maximum atomic E-state index is 12.9. The third-order valence-electron chi connectivity index (χ3n) is 5.66. The van der Waals surface area contributed by atoms with E-state index in [4.69, 9.17) is 4.74 Å². The van der Waals surface area contributed by atoms with Gasteiger partial charge in [-0.05, 0) is 33.9 Å². The predicted octanol–water partition coefficient (Wildman–Crippen LogP) is 7.09. The predicted molar refractivity (Wildman–Crippen MR) is 128 cm³/mol. The van der Waals surface area contributed by atoms with Crippen molar-refractivity contribution in [1.82, 2.24) is 4.90 Å². The van der Waals surface area contributed by atoms with Gasteiger partial charge in [0.25, 0.3) is 0 Å². The van der Waals surface area contributed by atoms with Gasteiger partial charge in [0.15, 0.2) is 0 Å². The summed E-state index contributed by atoms with van der Waals surface area (Å²) in [5.74, 6) is 0.643. The summed E-state index contributed by atoms with van der Waals surface area (Å²) in [5.41, 5.74) is 5.42. The van der Waals surface area contributed by atoms with E-state index in [2.05, 4.69) is 36.4 Å². The Hall–Kier alpha value is -4.11. The van der Waals surface area contributed by atoms with Gasteiger partial charge in [0, 0.05) is 0 Å². The Kier molecular flexibility index (Phi) is 5.54. The summed E-state index contributed by atoms with van der Waals surface area (Å²) < 4.78 is 5.78. The van der Waals surface area contributed by atoms with Crippen molar-refractivity contribution in [2.75, 3.05) is 0 Å². The third-order valence-corrected chi connectivity index (χ3v) is 5.66. The van der Waals surface area contributed by atoms with E-state index in [0.29, 0.717) is 12.3 Å². The van der Waals surface area contributed by atoms with Gasteiger partial charge in [0.2, 0.25) is 0 Å². The molecule has 4 aromatic carbocycles. The molecule has 1 aliphatic rings. The molecule has 0 spiro atoms. The fourth-order valence-corrected chi connectivity index (χ4v) is 4.06. The smallest absolute Gasteiger partial charge is 0.412 e. The summed E-state index contributed by atoms with van der Waals surface area (Å²) in [6.07, 6.45) is 1.64. The highest BCUT2D eigenvalue weighted by Gasteiger charge is 2.38. The van der Waals surface area contributed by atoms with Crippen LogP contribution in [-0.2, 0) is 11.3 Å². The summed E-state index contributed by atoms with van der Waals surface area (Å²) in [6.45, 7) is 0.490. The van der Waals surface area contributed by atoms with Crippen LogP contribution < -0.4 is 0 Å². The normalized spacial score (nSPS) is 16.9. The molecule has 1 aliphatic heterocycles. The number of hydrogen-bond donors (Lipinski definition) is 0. The zero-order valence-electron chi connectivity index (χ0n) is 17.6. The highest BCUT2D eigenvalue weighted by molar-refractivity contribution is 5.76. The molecule has 0 bridgehead atoms. The molecule has 0 aliphatic carbocycles. The van der Waals surface area contributed by atoms with E-state index in [1.165, 1.54) is 5.56 Å². The summed E-state index contributed by atoms with van der Waals surface area (Å²) in [4.78, 5) is 14.7. The van der Waals surface area contributed by atoms with Gasteiger partial charge >= 0.3 is 6.09 Å². The Morgan fingerprint density at radius 2 is 1.25 bits per heavy atom. The number of carbonyl (C=O) groups is 1. The van der Waals surface area contributed by atoms with Crippen molar-refractivity contribution in [3.8, 4) is 11.1 Å². The number of amides is 1.